The molecule has 0 spiro atoms. The zero-order valence-corrected chi connectivity index (χ0v) is 10.00. The van der Waals surface area contributed by atoms with Crippen LogP contribution in [0.1, 0.15) is 59.3 Å². The average molecular weight is 198 g/mol. The lowest BCUT2D eigenvalue weighted by molar-refractivity contribution is 0.101. The second kappa shape index (κ2) is 9.26. The normalized spacial score (nSPS) is 16.0. The molecule has 2 atom stereocenters. The van der Waals surface area contributed by atoms with Crippen molar-refractivity contribution in [2.75, 3.05) is 0 Å². The number of rotatable bonds is 8. The van der Waals surface area contributed by atoms with Gasteiger partial charge in [-0.3, -0.25) is 0 Å². The average Bonchev–Trinajstić information content (AvgIpc) is 2.19. The third-order valence-electron chi connectivity index (χ3n) is 2.78. The highest BCUT2D eigenvalue weighted by Crippen LogP contribution is 2.19. The Balaban J connectivity index is 3.78. The third-order valence-corrected chi connectivity index (χ3v) is 2.78. The Hall–Kier alpha value is -0.300. The topological polar surface area (TPSA) is 20.2 Å². The Morgan fingerprint density at radius 1 is 1.14 bits per heavy atom. The minimum atomic E-state index is -0.130. The molecule has 84 valence electrons. The molecule has 0 bridgehead atoms. The molecule has 0 aromatic rings. The molecule has 0 aromatic carbocycles. The number of unbranched alkanes of at least 4 members (excludes halogenated alkanes) is 1. The van der Waals surface area contributed by atoms with E-state index >= 15 is 0 Å². The van der Waals surface area contributed by atoms with E-state index in [1.807, 2.05) is 0 Å². The SMILES string of the molecule is CC/C=C/CC(O)C(CC)CCCC. The van der Waals surface area contributed by atoms with Gasteiger partial charge < -0.3 is 5.11 Å². The summed E-state index contributed by atoms with van der Waals surface area (Å²) in [5.41, 5.74) is 0. The molecule has 14 heavy (non-hydrogen) atoms. The Morgan fingerprint density at radius 3 is 2.36 bits per heavy atom. The molecule has 2 unspecified atom stereocenters. The van der Waals surface area contributed by atoms with E-state index in [1.54, 1.807) is 0 Å². The highest BCUT2D eigenvalue weighted by molar-refractivity contribution is 4.84. The van der Waals surface area contributed by atoms with Gasteiger partial charge in [-0.05, 0) is 25.2 Å². The monoisotopic (exact) mass is 198 g/mol. The van der Waals surface area contributed by atoms with Crippen LogP contribution >= 0.6 is 0 Å². The Kier molecular flexibility index (Phi) is 9.06. The van der Waals surface area contributed by atoms with E-state index < -0.39 is 0 Å². The molecule has 0 amide bonds. The first-order chi connectivity index (χ1) is 6.76. The summed E-state index contributed by atoms with van der Waals surface area (Å²) in [6.45, 7) is 6.50. The first-order valence-corrected chi connectivity index (χ1v) is 6.09. The van der Waals surface area contributed by atoms with Crippen molar-refractivity contribution in [3.8, 4) is 0 Å². The van der Waals surface area contributed by atoms with E-state index in [0.29, 0.717) is 5.92 Å². The fraction of sp³-hybridized carbons (Fsp3) is 0.846. The summed E-state index contributed by atoms with van der Waals surface area (Å²) < 4.78 is 0. The molecule has 0 rings (SSSR count). The molecule has 0 saturated carbocycles. The Morgan fingerprint density at radius 2 is 1.86 bits per heavy atom. The van der Waals surface area contributed by atoms with Gasteiger partial charge in [0.25, 0.3) is 0 Å². The van der Waals surface area contributed by atoms with Crippen LogP contribution in [0.25, 0.3) is 0 Å². The van der Waals surface area contributed by atoms with Crippen molar-refractivity contribution in [1.82, 2.24) is 0 Å². The lowest BCUT2D eigenvalue weighted by atomic mass is 9.91. The zero-order valence-electron chi connectivity index (χ0n) is 10.00. The molecule has 0 aliphatic rings. The van der Waals surface area contributed by atoms with Gasteiger partial charge in [-0.15, -0.1) is 0 Å². The van der Waals surface area contributed by atoms with Gasteiger partial charge in [0.1, 0.15) is 0 Å². The molecule has 0 heterocycles. The van der Waals surface area contributed by atoms with Crippen molar-refractivity contribution in [1.29, 1.82) is 0 Å². The summed E-state index contributed by atoms with van der Waals surface area (Å²) in [6.07, 6.45) is 10.8. The number of hydrogen-bond acceptors (Lipinski definition) is 1. The number of hydrogen-bond donors (Lipinski definition) is 1. The first kappa shape index (κ1) is 13.7. The van der Waals surface area contributed by atoms with Crippen molar-refractivity contribution in [2.45, 2.75) is 65.4 Å². The maximum Gasteiger partial charge on any atom is 0.0602 e. The van der Waals surface area contributed by atoms with Crippen LogP contribution in [0, 0.1) is 5.92 Å². The molecular weight excluding hydrogens is 172 g/mol. The molecule has 1 heteroatoms. The number of aliphatic hydroxyl groups is 1. The first-order valence-electron chi connectivity index (χ1n) is 6.09. The highest BCUT2D eigenvalue weighted by atomic mass is 16.3. The predicted octanol–water partition coefficient (Wildman–Crippen LogP) is 3.92. The van der Waals surface area contributed by atoms with Crippen molar-refractivity contribution in [3.63, 3.8) is 0 Å². The summed E-state index contributed by atoms with van der Waals surface area (Å²) in [5, 5.41) is 9.91. The molecule has 0 aliphatic heterocycles. The maximum absolute atomic E-state index is 9.91. The molecular formula is C13H26O. The molecule has 1 N–H and O–H groups in total. The van der Waals surface area contributed by atoms with Gasteiger partial charge in [0.2, 0.25) is 0 Å². The fourth-order valence-electron chi connectivity index (χ4n) is 1.73. The quantitative estimate of drug-likeness (QED) is 0.586. The molecule has 0 fully saturated rings. The Bertz CT molecular complexity index is 140. The van der Waals surface area contributed by atoms with Crippen LogP contribution in [0.5, 0.6) is 0 Å². The number of aliphatic hydroxyl groups excluding tert-OH is 1. The van der Waals surface area contributed by atoms with Gasteiger partial charge in [0, 0.05) is 0 Å². The summed E-state index contributed by atoms with van der Waals surface area (Å²) in [6, 6.07) is 0. The molecule has 0 aliphatic carbocycles. The van der Waals surface area contributed by atoms with Crippen LogP contribution in [-0.2, 0) is 0 Å². The van der Waals surface area contributed by atoms with E-state index in [2.05, 4.69) is 32.9 Å². The van der Waals surface area contributed by atoms with Crippen molar-refractivity contribution < 1.29 is 5.11 Å². The van der Waals surface area contributed by atoms with Gasteiger partial charge in [0.15, 0.2) is 0 Å². The van der Waals surface area contributed by atoms with Gasteiger partial charge in [0.05, 0.1) is 6.10 Å². The molecule has 0 saturated heterocycles. The van der Waals surface area contributed by atoms with Crippen LogP contribution in [0.15, 0.2) is 12.2 Å². The zero-order chi connectivity index (χ0) is 10.8. The lowest BCUT2D eigenvalue weighted by Crippen LogP contribution is -2.18. The van der Waals surface area contributed by atoms with E-state index in [9.17, 15) is 5.11 Å². The molecule has 0 radical (unpaired) electrons. The van der Waals surface area contributed by atoms with E-state index in [0.717, 1.165) is 19.3 Å². The molecule has 1 nitrogen and oxygen atoms in total. The van der Waals surface area contributed by atoms with Crippen LogP contribution in [0.2, 0.25) is 0 Å². The van der Waals surface area contributed by atoms with Gasteiger partial charge >= 0.3 is 0 Å². The van der Waals surface area contributed by atoms with Crippen LogP contribution < -0.4 is 0 Å². The van der Waals surface area contributed by atoms with E-state index in [-0.39, 0.29) is 6.10 Å². The van der Waals surface area contributed by atoms with Gasteiger partial charge in [-0.2, -0.15) is 0 Å². The summed E-state index contributed by atoms with van der Waals surface area (Å²) >= 11 is 0. The van der Waals surface area contributed by atoms with Crippen LogP contribution in [0.3, 0.4) is 0 Å². The van der Waals surface area contributed by atoms with Crippen molar-refractivity contribution in [2.24, 2.45) is 5.92 Å². The lowest BCUT2D eigenvalue weighted by Gasteiger charge is -2.20. The minimum absolute atomic E-state index is 0.130. The smallest absolute Gasteiger partial charge is 0.0602 e. The van der Waals surface area contributed by atoms with Gasteiger partial charge in [-0.25, -0.2) is 0 Å². The maximum atomic E-state index is 9.91. The van der Waals surface area contributed by atoms with Crippen molar-refractivity contribution in [3.05, 3.63) is 12.2 Å². The standard InChI is InChI=1S/C13H26O/c1-4-7-9-11-13(14)12(6-3)10-8-5-2/h7,9,12-14H,4-6,8,10-11H2,1-3H3/b9-7+. The number of allylic oxidation sites excluding steroid dienone is 1. The molecule has 0 aromatic heterocycles. The minimum Gasteiger partial charge on any atom is -0.393 e. The van der Waals surface area contributed by atoms with E-state index in [1.165, 1.54) is 19.3 Å². The summed E-state index contributed by atoms with van der Waals surface area (Å²) in [7, 11) is 0. The van der Waals surface area contributed by atoms with E-state index in [4.69, 9.17) is 0 Å². The van der Waals surface area contributed by atoms with Crippen molar-refractivity contribution >= 4 is 0 Å². The van der Waals surface area contributed by atoms with Crippen LogP contribution in [0.4, 0.5) is 0 Å². The fourth-order valence-corrected chi connectivity index (χ4v) is 1.73. The second-order valence-corrected chi connectivity index (χ2v) is 3.99. The highest BCUT2D eigenvalue weighted by Gasteiger charge is 2.14. The summed E-state index contributed by atoms with van der Waals surface area (Å²) in [5.74, 6) is 0.497. The second-order valence-electron chi connectivity index (χ2n) is 3.99. The van der Waals surface area contributed by atoms with Crippen LogP contribution in [-0.4, -0.2) is 11.2 Å². The predicted molar refractivity (Wildman–Crippen MR) is 63.4 cm³/mol. The summed E-state index contributed by atoms with van der Waals surface area (Å²) in [4.78, 5) is 0. The Labute approximate surface area is 89.2 Å². The largest absolute Gasteiger partial charge is 0.393 e. The third kappa shape index (κ3) is 6.20. The van der Waals surface area contributed by atoms with Gasteiger partial charge in [-0.1, -0.05) is 52.2 Å².